The van der Waals surface area contributed by atoms with Crippen molar-refractivity contribution >= 4 is 28.9 Å². The summed E-state index contributed by atoms with van der Waals surface area (Å²) in [5.41, 5.74) is -0.164. The minimum atomic E-state index is -0.743. The first-order valence-electron chi connectivity index (χ1n) is 3.03. The highest BCUT2D eigenvalue weighted by Crippen LogP contribution is 2.15. The Hall–Kier alpha value is -0.960. The fourth-order valence-electron chi connectivity index (χ4n) is 0.777. The Kier molecular flexibility index (Phi) is 2.76. The molecule has 0 aliphatic carbocycles. The number of halogens is 2. The van der Waals surface area contributed by atoms with Crippen LogP contribution < -0.4 is 0 Å². The number of carbonyl (C=O) groups excluding carboxylic acids is 1. The zero-order chi connectivity index (χ0) is 9.14. The van der Waals surface area contributed by atoms with Crippen LogP contribution in [0.5, 0.6) is 0 Å². The number of aldehydes is 1. The Morgan fingerprint density at radius 2 is 2.25 bits per heavy atom. The van der Waals surface area contributed by atoms with E-state index in [1.807, 2.05) is 22.6 Å². The van der Waals surface area contributed by atoms with Gasteiger partial charge in [-0.2, -0.15) is 5.26 Å². The minimum absolute atomic E-state index is 0.0709. The molecule has 1 aromatic carbocycles. The molecule has 0 aromatic heterocycles. The third-order valence-corrected chi connectivity index (χ3v) is 1.94. The number of hydrogen-bond donors (Lipinski definition) is 0. The van der Waals surface area contributed by atoms with Gasteiger partial charge in [-0.25, -0.2) is 4.39 Å². The predicted molar refractivity (Wildman–Crippen MR) is 49.2 cm³/mol. The van der Waals surface area contributed by atoms with Crippen molar-refractivity contribution in [2.45, 2.75) is 0 Å². The normalized spacial score (nSPS) is 9.08. The second-order valence-corrected chi connectivity index (χ2v) is 3.33. The van der Waals surface area contributed by atoms with Crippen molar-refractivity contribution in [1.82, 2.24) is 0 Å². The average Bonchev–Trinajstić information content (AvgIpc) is 2.08. The lowest BCUT2D eigenvalue weighted by Gasteiger charge is -1.97. The van der Waals surface area contributed by atoms with Gasteiger partial charge in [-0.1, -0.05) is 0 Å². The molecule has 0 heterocycles. The Labute approximate surface area is 82.1 Å². The smallest absolute Gasteiger partial charge is 0.153 e. The molecule has 2 nitrogen and oxygen atoms in total. The van der Waals surface area contributed by atoms with E-state index in [1.165, 1.54) is 12.1 Å². The first-order valence-corrected chi connectivity index (χ1v) is 4.11. The quantitative estimate of drug-likeness (QED) is 0.581. The van der Waals surface area contributed by atoms with Crippen LogP contribution in [-0.4, -0.2) is 6.29 Å². The second-order valence-electron chi connectivity index (χ2n) is 2.09. The highest BCUT2D eigenvalue weighted by molar-refractivity contribution is 14.1. The zero-order valence-electron chi connectivity index (χ0n) is 5.84. The number of hydrogen-bond acceptors (Lipinski definition) is 2. The van der Waals surface area contributed by atoms with Crippen LogP contribution in [0.15, 0.2) is 12.1 Å². The monoisotopic (exact) mass is 275 g/mol. The molecule has 0 amide bonds. The molecule has 0 bridgehead atoms. The average molecular weight is 275 g/mol. The summed E-state index contributed by atoms with van der Waals surface area (Å²) in [5.74, 6) is -0.743. The van der Waals surface area contributed by atoms with Crippen LogP contribution in [-0.2, 0) is 0 Å². The molecule has 0 atom stereocenters. The standard InChI is InChI=1S/C8H3FINO/c9-8-5(3-11)1-7(10)2-6(8)4-12/h1-2,4H. The molecule has 1 aromatic rings. The van der Waals surface area contributed by atoms with Gasteiger partial charge in [0, 0.05) is 3.57 Å². The summed E-state index contributed by atoms with van der Waals surface area (Å²) in [5, 5.41) is 8.45. The SMILES string of the molecule is N#Cc1cc(I)cc(C=O)c1F. The van der Waals surface area contributed by atoms with Crippen molar-refractivity contribution < 1.29 is 9.18 Å². The third-order valence-electron chi connectivity index (χ3n) is 1.31. The number of nitrogens with zero attached hydrogens (tertiary/aromatic N) is 1. The highest BCUT2D eigenvalue weighted by Gasteiger charge is 2.08. The summed E-state index contributed by atoms with van der Waals surface area (Å²) in [6.45, 7) is 0. The molecular formula is C8H3FINO. The summed E-state index contributed by atoms with van der Waals surface area (Å²) in [6.07, 6.45) is 0.401. The maximum Gasteiger partial charge on any atom is 0.153 e. The van der Waals surface area contributed by atoms with Crippen LogP contribution in [0, 0.1) is 20.7 Å². The van der Waals surface area contributed by atoms with Gasteiger partial charge in [0.1, 0.15) is 6.07 Å². The maximum absolute atomic E-state index is 13.0. The van der Waals surface area contributed by atoms with Gasteiger partial charge < -0.3 is 0 Å². The van der Waals surface area contributed by atoms with E-state index in [-0.39, 0.29) is 11.1 Å². The molecule has 0 unspecified atom stereocenters. The van der Waals surface area contributed by atoms with Gasteiger partial charge in [0.05, 0.1) is 11.1 Å². The van der Waals surface area contributed by atoms with Crippen molar-refractivity contribution in [2.24, 2.45) is 0 Å². The third kappa shape index (κ3) is 1.61. The van der Waals surface area contributed by atoms with E-state index in [0.29, 0.717) is 9.86 Å². The van der Waals surface area contributed by atoms with Crippen LogP contribution >= 0.6 is 22.6 Å². The Morgan fingerprint density at radius 3 is 2.75 bits per heavy atom. The first-order chi connectivity index (χ1) is 5.69. The van der Waals surface area contributed by atoms with E-state index in [9.17, 15) is 9.18 Å². The minimum Gasteiger partial charge on any atom is -0.298 e. The summed E-state index contributed by atoms with van der Waals surface area (Å²) >= 11 is 1.92. The molecule has 0 saturated heterocycles. The van der Waals surface area contributed by atoms with E-state index in [4.69, 9.17) is 5.26 Å². The van der Waals surface area contributed by atoms with Gasteiger partial charge >= 0.3 is 0 Å². The van der Waals surface area contributed by atoms with Crippen LogP contribution in [0.25, 0.3) is 0 Å². The van der Waals surface area contributed by atoms with Gasteiger partial charge in [-0.3, -0.25) is 4.79 Å². The fourth-order valence-corrected chi connectivity index (χ4v) is 1.42. The Balaban J connectivity index is 3.44. The Bertz CT molecular complexity index is 370. The lowest BCUT2D eigenvalue weighted by atomic mass is 10.1. The second kappa shape index (κ2) is 3.63. The van der Waals surface area contributed by atoms with Crippen LogP contribution in [0.3, 0.4) is 0 Å². The highest BCUT2D eigenvalue weighted by atomic mass is 127. The zero-order valence-corrected chi connectivity index (χ0v) is 8.00. The van der Waals surface area contributed by atoms with Gasteiger partial charge in [-0.15, -0.1) is 0 Å². The molecule has 4 heteroatoms. The van der Waals surface area contributed by atoms with Crippen molar-refractivity contribution in [3.8, 4) is 6.07 Å². The molecule has 0 N–H and O–H groups in total. The summed E-state index contributed by atoms with van der Waals surface area (Å²) in [6, 6.07) is 4.46. The van der Waals surface area contributed by atoms with E-state index in [0.717, 1.165) is 0 Å². The number of benzene rings is 1. The fraction of sp³-hybridized carbons (Fsp3) is 0. The molecule has 0 spiro atoms. The predicted octanol–water partition coefficient (Wildman–Crippen LogP) is 2.11. The maximum atomic E-state index is 13.0. The van der Waals surface area contributed by atoms with E-state index in [2.05, 4.69) is 0 Å². The van der Waals surface area contributed by atoms with Crippen molar-refractivity contribution in [1.29, 1.82) is 5.26 Å². The number of rotatable bonds is 1. The van der Waals surface area contributed by atoms with Gasteiger partial charge in [0.15, 0.2) is 12.1 Å². The molecule has 12 heavy (non-hydrogen) atoms. The molecule has 0 fully saturated rings. The first kappa shape index (κ1) is 9.13. The molecule has 0 aliphatic heterocycles. The largest absolute Gasteiger partial charge is 0.298 e. The van der Waals surface area contributed by atoms with E-state index < -0.39 is 5.82 Å². The molecular weight excluding hydrogens is 272 g/mol. The van der Waals surface area contributed by atoms with Crippen LogP contribution in [0.4, 0.5) is 4.39 Å². The van der Waals surface area contributed by atoms with Crippen molar-refractivity contribution in [2.75, 3.05) is 0 Å². The number of carbonyl (C=O) groups is 1. The van der Waals surface area contributed by atoms with Gasteiger partial charge in [-0.05, 0) is 34.7 Å². The lowest BCUT2D eigenvalue weighted by Crippen LogP contribution is -1.93. The number of nitriles is 1. The van der Waals surface area contributed by atoms with E-state index in [1.54, 1.807) is 6.07 Å². The summed E-state index contributed by atoms with van der Waals surface area (Å²) in [7, 11) is 0. The molecule has 0 aliphatic rings. The lowest BCUT2D eigenvalue weighted by molar-refractivity contribution is 0.111. The Morgan fingerprint density at radius 1 is 1.58 bits per heavy atom. The van der Waals surface area contributed by atoms with Crippen LogP contribution in [0.1, 0.15) is 15.9 Å². The van der Waals surface area contributed by atoms with Crippen molar-refractivity contribution in [3.63, 3.8) is 0 Å². The van der Waals surface area contributed by atoms with Crippen LogP contribution in [0.2, 0.25) is 0 Å². The topological polar surface area (TPSA) is 40.9 Å². The summed E-state index contributed by atoms with van der Waals surface area (Å²) < 4.78 is 13.7. The molecule has 60 valence electrons. The molecule has 0 radical (unpaired) electrons. The van der Waals surface area contributed by atoms with E-state index >= 15 is 0 Å². The summed E-state index contributed by atoms with van der Waals surface area (Å²) in [4.78, 5) is 10.3. The molecule has 1 rings (SSSR count). The van der Waals surface area contributed by atoms with Gasteiger partial charge in [0.25, 0.3) is 0 Å². The molecule has 0 saturated carbocycles. The van der Waals surface area contributed by atoms with Crippen molar-refractivity contribution in [3.05, 3.63) is 32.6 Å². The van der Waals surface area contributed by atoms with Gasteiger partial charge in [0.2, 0.25) is 0 Å².